The van der Waals surface area contributed by atoms with E-state index >= 15 is 0 Å². The van der Waals surface area contributed by atoms with Crippen LogP contribution in [0.4, 0.5) is 0 Å². The summed E-state index contributed by atoms with van der Waals surface area (Å²) in [7, 11) is 0. The number of hydrogen-bond donors (Lipinski definition) is 1. The minimum absolute atomic E-state index is 0.136. The molecule has 0 atom stereocenters. The molecule has 4 bridgehead atoms. The number of amides is 1. The molecule has 1 N–H and O–H groups in total. The molecule has 0 unspecified atom stereocenters. The van der Waals surface area contributed by atoms with Crippen molar-refractivity contribution in [1.82, 2.24) is 5.43 Å². The molecular formula is C19H24N2O2. The van der Waals surface area contributed by atoms with Crippen molar-refractivity contribution >= 4 is 17.7 Å². The lowest BCUT2D eigenvalue weighted by Gasteiger charge is -2.55. The lowest BCUT2D eigenvalue weighted by molar-refractivity contribution is -0.146. The molecule has 0 saturated heterocycles. The number of allylic oxidation sites excluding steroid dienone is 1. The number of nitrogens with zero attached hydrogens (tertiary/aromatic N) is 1. The molecule has 4 aliphatic rings. The molecule has 4 fully saturated rings. The Morgan fingerprint density at radius 3 is 2.48 bits per heavy atom. The molecule has 122 valence electrons. The molecule has 0 aliphatic heterocycles. The largest absolute Gasteiger partial charge is 0.465 e. The summed E-state index contributed by atoms with van der Waals surface area (Å²) in [4.78, 5) is 12.8. The van der Waals surface area contributed by atoms with Gasteiger partial charge in [0.1, 0.15) is 5.76 Å². The van der Waals surface area contributed by atoms with E-state index in [2.05, 4.69) is 10.5 Å². The summed E-state index contributed by atoms with van der Waals surface area (Å²) in [6.07, 6.45) is 12.6. The monoisotopic (exact) mass is 312 g/mol. The van der Waals surface area contributed by atoms with Gasteiger partial charge in [0.2, 0.25) is 5.91 Å². The van der Waals surface area contributed by atoms with Gasteiger partial charge < -0.3 is 4.42 Å². The average Bonchev–Trinajstić information content (AvgIpc) is 3.02. The van der Waals surface area contributed by atoms with Crippen LogP contribution in [0.1, 0.15) is 51.2 Å². The molecule has 1 aromatic rings. The van der Waals surface area contributed by atoms with Crippen molar-refractivity contribution in [2.75, 3.05) is 0 Å². The Labute approximate surface area is 137 Å². The summed E-state index contributed by atoms with van der Waals surface area (Å²) in [6, 6.07) is 3.73. The maximum absolute atomic E-state index is 12.8. The SMILES string of the molecule is CC(/C=C/c1ccco1)=N\NC(=O)C12CC3CC(CC(C3)C1)C2. The molecular weight excluding hydrogens is 288 g/mol. The molecule has 4 nitrogen and oxygen atoms in total. The topological polar surface area (TPSA) is 54.6 Å². The van der Waals surface area contributed by atoms with Gasteiger partial charge in [-0.1, -0.05) is 0 Å². The normalized spacial score (nSPS) is 35.9. The van der Waals surface area contributed by atoms with Gasteiger partial charge in [-0.2, -0.15) is 5.10 Å². The predicted molar refractivity (Wildman–Crippen MR) is 89.6 cm³/mol. The fourth-order valence-electron chi connectivity index (χ4n) is 5.27. The first-order chi connectivity index (χ1) is 11.1. The van der Waals surface area contributed by atoms with E-state index in [1.165, 1.54) is 19.3 Å². The zero-order valence-corrected chi connectivity index (χ0v) is 13.6. The zero-order chi connectivity index (χ0) is 15.9. The molecule has 1 amide bonds. The van der Waals surface area contributed by atoms with Crippen LogP contribution in [0.15, 0.2) is 34.0 Å². The van der Waals surface area contributed by atoms with Gasteiger partial charge in [0.05, 0.1) is 17.4 Å². The average molecular weight is 312 g/mol. The Hall–Kier alpha value is -1.84. The Kier molecular flexibility index (Phi) is 3.63. The fraction of sp³-hybridized carbons (Fsp3) is 0.579. The summed E-state index contributed by atoms with van der Waals surface area (Å²) in [5, 5.41) is 4.27. The minimum Gasteiger partial charge on any atom is -0.465 e. The third-order valence-electron chi connectivity index (χ3n) is 5.89. The van der Waals surface area contributed by atoms with Crippen molar-refractivity contribution in [1.29, 1.82) is 0 Å². The van der Waals surface area contributed by atoms with Crippen molar-refractivity contribution in [2.45, 2.75) is 45.4 Å². The Morgan fingerprint density at radius 1 is 1.26 bits per heavy atom. The number of nitrogens with one attached hydrogen (secondary N) is 1. The predicted octanol–water partition coefficient (Wildman–Crippen LogP) is 4.00. The van der Waals surface area contributed by atoms with Gasteiger partial charge in [0, 0.05) is 0 Å². The maximum atomic E-state index is 12.8. The second-order valence-electron chi connectivity index (χ2n) is 7.74. The van der Waals surface area contributed by atoms with Gasteiger partial charge in [-0.25, -0.2) is 5.43 Å². The van der Waals surface area contributed by atoms with Gasteiger partial charge in [-0.3, -0.25) is 4.79 Å². The summed E-state index contributed by atoms with van der Waals surface area (Å²) in [5.41, 5.74) is 3.48. The number of hydrazone groups is 1. The van der Waals surface area contributed by atoms with Crippen molar-refractivity contribution in [3.8, 4) is 0 Å². The molecule has 0 aromatic carbocycles. The number of hydrogen-bond acceptors (Lipinski definition) is 3. The highest BCUT2D eigenvalue weighted by atomic mass is 16.3. The first-order valence-corrected chi connectivity index (χ1v) is 8.69. The van der Waals surface area contributed by atoms with Crippen LogP contribution >= 0.6 is 0 Å². The smallest absolute Gasteiger partial charge is 0.246 e. The minimum atomic E-state index is -0.136. The lowest BCUT2D eigenvalue weighted by atomic mass is 9.49. The number of carbonyl (C=O) groups excluding carboxylic acids is 1. The number of furan rings is 1. The second-order valence-corrected chi connectivity index (χ2v) is 7.74. The fourth-order valence-corrected chi connectivity index (χ4v) is 5.27. The molecule has 4 saturated carbocycles. The standard InChI is InChI=1S/C19H24N2O2/c1-13(4-5-17-3-2-6-23-17)20-21-18(22)19-10-14-7-15(11-19)9-16(8-14)12-19/h2-6,14-16H,7-12H2,1H3,(H,21,22)/b5-4+,20-13+. The van der Waals surface area contributed by atoms with E-state index in [9.17, 15) is 4.79 Å². The van der Waals surface area contributed by atoms with E-state index in [1.54, 1.807) is 6.26 Å². The van der Waals surface area contributed by atoms with Crippen molar-refractivity contribution in [3.63, 3.8) is 0 Å². The van der Waals surface area contributed by atoms with E-state index in [-0.39, 0.29) is 11.3 Å². The van der Waals surface area contributed by atoms with Crippen molar-refractivity contribution in [2.24, 2.45) is 28.3 Å². The highest BCUT2D eigenvalue weighted by Crippen LogP contribution is 2.60. The second kappa shape index (κ2) is 5.66. The first kappa shape index (κ1) is 14.7. The molecule has 1 heterocycles. The Bertz CT molecular complexity index is 607. The first-order valence-electron chi connectivity index (χ1n) is 8.69. The molecule has 4 heteroatoms. The Morgan fingerprint density at radius 2 is 1.91 bits per heavy atom. The van der Waals surface area contributed by atoms with Gasteiger partial charge >= 0.3 is 0 Å². The summed E-state index contributed by atoms with van der Waals surface area (Å²) in [5.74, 6) is 3.25. The van der Waals surface area contributed by atoms with Crippen LogP contribution in [0.2, 0.25) is 0 Å². The van der Waals surface area contributed by atoms with E-state index in [1.807, 2.05) is 31.2 Å². The zero-order valence-electron chi connectivity index (χ0n) is 13.6. The van der Waals surface area contributed by atoms with Crippen LogP contribution in [0.3, 0.4) is 0 Å². The summed E-state index contributed by atoms with van der Waals surface area (Å²) < 4.78 is 5.24. The third kappa shape index (κ3) is 2.87. The quantitative estimate of drug-likeness (QED) is 0.675. The molecule has 23 heavy (non-hydrogen) atoms. The van der Waals surface area contributed by atoms with Gasteiger partial charge in [0.25, 0.3) is 0 Å². The van der Waals surface area contributed by atoms with E-state index < -0.39 is 0 Å². The van der Waals surface area contributed by atoms with Crippen molar-refractivity contribution in [3.05, 3.63) is 30.2 Å². The van der Waals surface area contributed by atoms with Crippen molar-refractivity contribution < 1.29 is 9.21 Å². The summed E-state index contributed by atoms with van der Waals surface area (Å²) in [6.45, 7) is 1.89. The van der Waals surface area contributed by atoms with Gasteiger partial charge in [-0.15, -0.1) is 0 Å². The lowest BCUT2D eigenvalue weighted by Crippen LogP contribution is -2.52. The van der Waals surface area contributed by atoms with E-state index in [4.69, 9.17) is 4.42 Å². The highest BCUT2D eigenvalue weighted by Gasteiger charge is 2.54. The van der Waals surface area contributed by atoms with Crippen LogP contribution in [0.25, 0.3) is 6.08 Å². The van der Waals surface area contributed by atoms with E-state index in [0.29, 0.717) is 0 Å². The number of rotatable bonds is 4. The van der Waals surface area contributed by atoms with Crippen LogP contribution in [-0.2, 0) is 4.79 Å². The molecule has 0 radical (unpaired) electrons. The van der Waals surface area contributed by atoms with Gasteiger partial charge in [-0.05, 0) is 87.5 Å². The number of carbonyl (C=O) groups is 1. The molecule has 5 rings (SSSR count). The van der Waals surface area contributed by atoms with Crippen LogP contribution in [-0.4, -0.2) is 11.6 Å². The van der Waals surface area contributed by atoms with Gasteiger partial charge in [0.15, 0.2) is 0 Å². The molecule has 0 spiro atoms. The maximum Gasteiger partial charge on any atom is 0.246 e. The van der Waals surface area contributed by atoms with Crippen LogP contribution in [0, 0.1) is 23.2 Å². The van der Waals surface area contributed by atoms with Crippen LogP contribution < -0.4 is 5.43 Å². The molecule has 1 aromatic heterocycles. The summed E-state index contributed by atoms with van der Waals surface area (Å²) >= 11 is 0. The Balaban J connectivity index is 1.41. The molecule has 4 aliphatic carbocycles. The third-order valence-corrected chi connectivity index (χ3v) is 5.89. The van der Waals surface area contributed by atoms with Crippen LogP contribution in [0.5, 0.6) is 0 Å². The highest BCUT2D eigenvalue weighted by molar-refractivity contribution is 5.97. The van der Waals surface area contributed by atoms with E-state index in [0.717, 1.165) is 48.5 Å².